The maximum absolute atomic E-state index is 12.5. The predicted octanol–water partition coefficient (Wildman–Crippen LogP) is 4.18. The highest BCUT2D eigenvalue weighted by Gasteiger charge is 2.22. The predicted molar refractivity (Wildman–Crippen MR) is 114 cm³/mol. The molecule has 1 saturated heterocycles. The molecule has 1 heterocycles. The summed E-state index contributed by atoms with van der Waals surface area (Å²) in [5.74, 6) is -0.550. The van der Waals surface area contributed by atoms with Gasteiger partial charge in [-0.3, -0.25) is 4.79 Å². The molecule has 0 spiro atoms. The number of hydrogen-bond acceptors (Lipinski definition) is 5. The zero-order valence-corrected chi connectivity index (χ0v) is 17.2. The van der Waals surface area contributed by atoms with Gasteiger partial charge in [-0.25, -0.2) is 4.79 Å². The van der Waals surface area contributed by atoms with Crippen molar-refractivity contribution in [3.63, 3.8) is 0 Å². The smallest absolute Gasteiger partial charge is 0.342 e. The summed E-state index contributed by atoms with van der Waals surface area (Å²) < 4.78 is 10.6. The van der Waals surface area contributed by atoms with Crippen LogP contribution in [0.4, 0.5) is 11.4 Å². The first-order chi connectivity index (χ1) is 14.0. The molecule has 0 aliphatic carbocycles. The number of ether oxygens (including phenoxy) is 2. The molecule has 1 amide bonds. The first kappa shape index (κ1) is 20.7. The van der Waals surface area contributed by atoms with Crippen molar-refractivity contribution in [1.29, 1.82) is 0 Å². The van der Waals surface area contributed by atoms with E-state index in [1.807, 2.05) is 37.3 Å². The average molecular weight is 396 g/mol. The Kier molecular flexibility index (Phi) is 6.75. The normalized spacial score (nSPS) is 14.8. The van der Waals surface area contributed by atoms with Gasteiger partial charge in [0, 0.05) is 24.5 Å². The van der Waals surface area contributed by atoms with Crippen molar-refractivity contribution in [2.24, 2.45) is 0 Å². The topological polar surface area (TPSA) is 67.9 Å². The number of benzene rings is 2. The Hall–Kier alpha value is -3.02. The summed E-state index contributed by atoms with van der Waals surface area (Å²) in [4.78, 5) is 27.3. The standard InChI is InChI=1S/C23H28N2O4/c1-16-7-12-21(28-3)20(15-16)23(27)29-17(2)22(26)24-18-8-10-19(11-9-18)25-13-5-4-6-14-25/h7-12,15,17H,4-6,13-14H2,1-3H3,(H,24,26)/t17-/m1/s1. The van der Waals surface area contributed by atoms with Gasteiger partial charge in [-0.05, 0) is 69.5 Å². The fourth-order valence-corrected chi connectivity index (χ4v) is 3.41. The van der Waals surface area contributed by atoms with E-state index in [9.17, 15) is 9.59 Å². The first-order valence-corrected chi connectivity index (χ1v) is 9.99. The molecule has 0 bridgehead atoms. The van der Waals surface area contributed by atoms with Crippen LogP contribution < -0.4 is 15.0 Å². The van der Waals surface area contributed by atoms with Crippen molar-refractivity contribution in [2.45, 2.75) is 39.2 Å². The summed E-state index contributed by atoms with van der Waals surface area (Å²) in [7, 11) is 1.49. The number of aryl methyl sites for hydroxylation is 1. The summed E-state index contributed by atoms with van der Waals surface area (Å²) in [6.07, 6.45) is 2.78. The highest BCUT2D eigenvalue weighted by Crippen LogP contribution is 2.23. The van der Waals surface area contributed by atoms with Crippen molar-refractivity contribution in [3.05, 3.63) is 53.6 Å². The van der Waals surface area contributed by atoms with Crippen LogP contribution in [0.5, 0.6) is 5.75 Å². The van der Waals surface area contributed by atoms with Gasteiger partial charge in [0.1, 0.15) is 11.3 Å². The molecule has 154 valence electrons. The maximum Gasteiger partial charge on any atom is 0.342 e. The van der Waals surface area contributed by atoms with Crippen LogP contribution in [0.25, 0.3) is 0 Å². The van der Waals surface area contributed by atoms with Gasteiger partial charge in [0.15, 0.2) is 6.10 Å². The summed E-state index contributed by atoms with van der Waals surface area (Å²) in [6, 6.07) is 13.0. The molecular formula is C23H28N2O4. The van der Waals surface area contributed by atoms with Crippen molar-refractivity contribution in [3.8, 4) is 5.75 Å². The summed E-state index contributed by atoms with van der Waals surface area (Å²) in [6.45, 7) is 5.57. The number of rotatable bonds is 6. The van der Waals surface area contributed by atoms with Crippen molar-refractivity contribution >= 4 is 23.3 Å². The Morgan fingerprint density at radius 1 is 1.03 bits per heavy atom. The number of nitrogens with zero attached hydrogens (tertiary/aromatic N) is 1. The van der Waals surface area contributed by atoms with E-state index in [0.717, 1.165) is 24.3 Å². The van der Waals surface area contributed by atoms with Crippen LogP contribution in [0, 0.1) is 6.92 Å². The molecule has 3 rings (SSSR count). The number of carbonyl (C=O) groups excluding carboxylic acids is 2. The third-order valence-electron chi connectivity index (χ3n) is 5.08. The van der Waals surface area contributed by atoms with Crippen molar-refractivity contribution < 1.29 is 19.1 Å². The van der Waals surface area contributed by atoms with Gasteiger partial charge in [0.2, 0.25) is 0 Å². The molecule has 0 unspecified atom stereocenters. The monoisotopic (exact) mass is 396 g/mol. The zero-order chi connectivity index (χ0) is 20.8. The van der Waals surface area contributed by atoms with Crippen LogP contribution in [-0.4, -0.2) is 38.2 Å². The lowest BCUT2D eigenvalue weighted by Gasteiger charge is -2.28. The summed E-state index contributed by atoms with van der Waals surface area (Å²) >= 11 is 0. The minimum absolute atomic E-state index is 0.304. The zero-order valence-electron chi connectivity index (χ0n) is 17.2. The van der Waals surface area contributed by atoms with E-state index in [-0.39, 0.29) is 5.91 Å². The van der Waals surface area contributed by atoms with Crippen LogP contribution in [0.15, 0.2) is 42.5 Å². The number of esters is 1. The number of piperidine rings is 1. The maximum atomic E-state index is 12.5. The lowest BCUT2D eigenvalue weighted by Crippen LogP contribution is -2.30. The van der Waals surface area contributed by atoms with Gasteiger partial charge < -0.3 is 19.7 Å². The van der Waals surface area contributed by atoms with E-state index >= 15 is 0 Å². The number of hydrogen-bond donors (Lipinski definition) is 1. The molecule has 1 fully saturated rings. The third-order valence-corrected chi connectivity index (χ3v) is 5.08. The van der Waals surface area contributed by atoms with Gasteiger partial charge in [0.25, 0.3) is 5.91 Å². The van der Waals surface area contributed by atoms with E-state index in [0.29, 0.717) is 17.0 Å². The molecule has 6 heteroatoms. The second-order valence-corrected chi connectivity index (χ2v) is 7.34. The van der Waals surface area contributed by atoms with Crippen LogP contribution >= 0.6 is 0 Å². The van der Waals surface area contributed by atoms with E-state index in [1.54, 1.807) is 19.1 Å². The SMILES string of the molecule is COc1ccc(C)cc1C(=O)O[C@H](C)C(=O)Nc1ccc(N2CCCCC2)cc1. The van der Waals surface area contributed by atoms with Crippen molar-refractivity contribution in [1.82, 2.24) is 0 Å². The minimum atomic E-state index is -0.936. The second-order valence-electron chi connectivity index (χ2n) is 7.34. The molecule has 0 radical (unpaired) electrons. The van der Waals surface area contributed by atoms with E-state index in [1.165, 1.54) is 26.4 Å². The Morgan fingerprint density at radius 3 is 2.38 bits per heavy atom. The fourth-order valence-electron chi connectivity index (χ4n) is 3.41. The molecule has 6 nitrogen and oxygen atoms in total. The third kappa shape index (κ3) is 5.28. The fraction of sp³-hybridized carbons (Fsp3) is 0.391. The molecule has 29 heavy (non-hydrogen) atoms. The van der Waals surface area contributed by atoms with Crippen molar-refractivity contribution in [2.75, 3.05) is 30.4 Å². The first-order valence-electron chi connectivity index (χ1n) is 9.99. The lowest BCUT2D eigenvalue weighted by atomic mass is 10.1. The van der Waals surface area contributed by atoms with Gasteiger partial charge in [-0.2, -0.15) is 0 Å². The number of anilines is 2. The second kappa shape index (κ2) is 9.45. The van der Waals surface area contributed by atoms with Gasteiger partial charge in [-0.15, -0.1) is 0 Å². The molecule has 1 N–H and O–H groups in total. The largest absolute Gasteiger partial charge is 0.496 e. The molecule has 0 saturated carbocycles. The van der Waals surface area contributed by atoms with Gasteiger partial charge >= 0.3 is 5.97 Å². The van der Waals surface area contributed by atoms with Crippen LogP contribution in [0.3, 0.4) is 0 Å². The van der Waals surface area contributed by atoms with Crippen LogP contribution in [0.1, 0.15) is 42.1 Å². The molecule has 1 aliphatic heterocycles. The number of carbonyl (C=O) groups is 2. The average Bonchev–Trinajstić information content (AvgIpc) is 2.74. The van der Waals surface area contributed by atoms with E-state index in [4.69, 9.17) is 9.47 Å². The van der Waals surface area contributed by atoms with Crippen LogP contribution in [0.2, 0.25) is 0 Å². The van der Waals surface area contributed by atoms with E-state index < -0.39 is 12.1 Å². The Balaban J connectivity index is 1.59. The highest BCUT2D eigenvalue weighted by molar-refractivity contribution is 5.98. The molecule has 1 aliphatic rings. The Bertz CT molecular complexity index is 858. The Morgan fingerprint density at radius 2 is 1.72 bits per heavy atom. The van der Waals surface area contributed by atoms with Gasteiger partial charge in [-0.1, -0.05) is 11.6 Å². The quantitative estimate of drug-likeness (QED) is 0.742. The number of nitrogens with one attached hydrogen (secondary N) is 1. The minimum Gasteiger partial charge on any atom is -0.496 e. The Labute approximate surface area is 171 Å². The highest BCUT2D eigenvalue weighted by atomic mass is 16.5. The lowest BCUT2D eigenvalue weighted by molar-refractivity contribution is -0.123. The number of methoxy groups -OCH3 is 1. The molecular weight excluding hydrogens is 368 g/mol. The molecule has 0 aromatic heterocycles. The molecule has 2 aromatic carbocycles. The summed E-state index contributed by atoms with van der Waals surface area (Å²) in [5, 5.41) is 2.80. The number of amides is 1. The summed E-state index contributed by atoms with van der Waals surface area (Å²) in [5.41, 5.74) is 3.04. The molecule has 2 aromatic rings. The molecule has 1 atom stereocenters. The van der Waals surface area contributed by atoms with Gasteiger partial charge in [0.05, 0.1) is 7.11 Å². The van der Waals surface area contributed by atoms with E-state index in [2.05, 4.69) is 10.2 Å². The van der Waals surface area contributed by atoms with Crippen LogP contribution in [-0.2, 0) is 9.53 Å².